The number of rotatable bonds is 6. The van der Waals surface area contributed by atoms with E-state index in [-0.39, 0.29) is 23.0 Å². The molecule has 1 atom stereocenters. The fourth-order valence-corrected chi connectivity index (χ4v) is 5.45. The highest BCUT2D eigenvalue weighted by molar-refractivity contribution is 7.22. The third-order valence-corrected chi connectivity index (χ3v) is 7.20. The molecule has 4 aromatic rings. The topological polar surface area (TPSA) is 79.7 Å². The predicted octanol–water partition coefficient (Wildman–Crippen LogP) is 6.41. The Labute approximate surface area is 217 Å². The Hall–Kier alpha value is -4.04. The molecule has 2 heterocycles. The van der Waals surface area contributed by atoms with Gasteiger partial charge in [0.15, 0.2) is 5.13 Å². The molecule has 1 N–H and O–H groups in total. The molecule has 1 unspecified atom stereocenters. The van der Waals surface area contributed by atoms with E-state index < -0.39 is 23.5 Å². The number of hydrogen-bond acceptors (Lipinski definition) is 6. The number of amides is 1. The van der Waals surface area contributed by atoms with Crippen LogP contribution >= 0.6 is 11.3 Å². The summed E-state index contributed by atoms with van der Waals surface area (Å²) in [6.07, 6.45) is 0.835. The summed E-state index contributed by atoms with van der Waals surface area (Å²) in [5.74, 6) is -1.83. The molecule has 0 saturated carbocycles. The van der Waals surface area contributed by atoms with Crippen LogP contribution in [0.5, 0.6) is 5.75 Å². The van der Waals surface area contributed by atoms with Crippen LogP contribution in [0.4, 0.5) is 9.52 Å². The number of carbonyl (C=O) groups is 2. The van der Waals surface area contributed by atoms with Gasteiger partial charge in [-0.15, -0.1) is 0 Å². The van der Waals surface area contributed by atoms with Gasteiger partial charge >= 0.3 is 5.91 Å². The summed E-state index contributed by atoms with van der Waals surface area (Å²) in [5, 5.41) is 11.6. The van der Waals surface area contributed by atoms with Gasteiger partial charge in [-0.25, -0.2) is 9.37 Å². The molecule has 0 aliphatic carbocycles. The number of nitrogens with zero attached hydrogens (tertiary/aromatic N) is 2. The highest BCUT2D eigenvalue weighted by atomic mass is 32.1. The van der Waals surface area contributed by atoms with Gasteiger partial charge in [-0.3, -0.25) is 14.5 Å². The van der Waals surface area contributed by atoms with Gasteiger partial charge in [0.2, 0.25) is 0 Å². The maximum atomic E-state index is 13.5. The first-order valence-electron chi connectivity index (χ1n) is 12.0. The maximum absolute atomic E-state index is 13.5. The van der Waals surface area contributed by atoms with Crippen molar-refractivity contribution in [2.24, 2.45) is 0 Å². The van der Waals surface area contributed by atoms with Crippen molar-refractivity contribution in [2.45, 2.75) is 39.3 Å². The lowest BCUT2D eigenvalue weighted by Crippen LogP contribution is -2.29. The second kappa shape index (κ2) is 9.78. The number of aromatic nitrogens is 1. The summed E-state index contributed by atoms with van der Waals surface area (Å²) in [6.45, 7) is 5.90. The van der Waals surface area contributed by atoms with Gasteiger partial charge in [-0.05, 0) is 79.9 Å². The van der Waals surface area contributed by atoms with Crippen LogP contribution in [0, 0.1) is 5.82 Å². The van der Waals surface area contributed by atoms with Crippen LogP contribution in [-0.4, -0.2) is 27.9 Å². The van der Waals surface area contributed by atoms with Gasteiger partial charge in [-0.1, -0.05) is 36.5 Å². The van der Waals surface area contributed by atoms with E-state index in [1.54, 1.807) is 24.3 Å². The lowest BCUT2D eigenvalue weighted by molar-refractivity contribution is -0.132. The summed E-state index contributed by atoms with van der Waals surface area (Å²) in [6, 6.07) is 17.2. The third-order valence-electron chi connectivity index (χ3n) is 6.19. The van der Waals surface area contributed by atoms with Crippen molar-refractivity contribution in [3.8, 4) is 5.75 Å². The molecule has 1 aliphatic rings. The zero-order valence-electron chi connectivity index (χ0n) is 20.6. The Bertz CT molecular complexity index is 1520. The molecule has 37 heavy (non-hydrogen) atoms. The van der Waals surface area contributed by atoms with E-state index in [1.165, 1.54) is 40.5 Å². The summed E-state index contributed by atoms with van der Waals surface area (Å²) >= 11 is 1.31. The number of halogens is 1. The van der Waals surface area contributed by atoms with Crippen molar-refractivity contribution < 1.29 is 23.8 Å². The van der Waals surface area contributed by atoms with Crippen molar-refractivity contribution in [3.63, 3.8) is 0 Å². The Morgan fingerprint density at radius 1 is 1.08 bits per heavy atom. The summed E-state index contributed by atoms with van der Waals surface area (Å²) in [4.78, 5) is 32.8. The first-order valence-corrected chi connectivity index (χ1v) is 12.8. The molecule has 6 nitrogen and oxygen atoms in total. The number of aliphatic hydroxyl groups is 1. The van der Waals surface area contributed by atoms with Crippen molar-refractivity contribution in [1.82, 2.24) is 4.98 Å². The number of benzene rings is 3. The molecule has 1 fully saturated rings. The Kier molecular flexibility index (Phi) is 6.52. The highest BCUT2D eigenvalue weighted by Crippen LogP contribution is 2.44. The van der Waals surface area contributed by atoms with Crippen LogP contribution in [-0.2, 0) is 16.0 Å². The molecule has 188 valence electrons. The molecule has 1 amide bonds. The monoisotopic (exact) mass is 516 g/mol. The fraction of sp³-hybridized carbons (Fsp3) is 0.207. The van der Waals surface area contributed by atoms with E-state index >= 15 is 0 Å². The number of ketones is 1. The average molecular weight is 517 g/mol. The fourth-order valence-electron chi connectivity index (χ4n) is 4.39. The predicted molar refractivity (Wildman–Crippen MR) is 142 cm³/mol. The van der Waals surface area contributed by atoms with E-state index in [0.29, 0.717) is 16.4 Å². The van der Waals surface area contributed by atoms with Crippen molar-refractivity contribution >= 4 is 44.1 Å². The molecular weight excluding hydrogens is 491 g/mol. The molecule has 1 saturated heterocycles. The zero-order valence-corrected chi connectivity index (χ0v) is 21.4. The van der Waals surface area contributed by atoms with Gasteiger partial charge in [0.25, 0.3) is 5.78 Å². The Morgan fingerprint density at radius 3 is 2.43 bits per heavy atom. The van der Waals surface area contributed by atoms with Crippen molar-refractivity contribution in [3.05, 3.63) is 94.8 Å². The number of aliphatic hydroxyl groups excluding tert-OH is 1. The SMILES string of the molecule is CCc1ccc2nc(N3C(=O)C(=O)C(=C(O)c4ccc(F)cc4)C3c3ccc(OC(C)C)cc3)sc2c1. The lowest BCUT2D eigenvalue weighted by atomic mass is 9.95. The van der Waals surface area contributed by atoms with Gasteiger partial charge in [0.1, 0.15) is 17.3 Å². The summed E-state index contributed by atoms with van der Waals surface area (Å²) in [5.41, 5.74) is 2.62. The van der Waals surface area contributed by atoms with Crippen LogP contribution in [0.25, 0.3) is 16.0 Å². The van der Waals surface area contributed by atoms with Gasteiger partial charge in [0, 0.05) is 5.56 Å². The average Bonchev–Trinajstić information content (AvgIpc) is 3.41. The van der Waals surface area contributed by atoms with Gasteiger partial charge in [-0.2, -0.15) is 0 Å². The second-order valence-electron chi connectivity index (χ2n) is 9.06. The number of hydrogen-bond donors (Lipinski definition) is 1. The molecule has 5 rings (SSSR count). The smallest absolute Gasteiger partial charge is 0.301 e. The second-order valence-corrected chi connectivity index (χ2v) is 10.1. The van der Waals surface area contributed by atoms with Gasteiger partial charge < -0.3 is 9.84 Å². The van der Waals surface area contributed by atoms with Crippen molar-refractivity contribution in [1.29, 1.82) is 0 Å². The molecule has 3 aromatic carbocycles. The van der Waals surface area contributed by atoms with E-state index in [9.17, 15) is 19.1 Å². The Balaban J connectivity index is 1.68. The Morgan fingerprint density at radius 2 is 1.78 bits per heavy atom. The lowest BCUT2D eigenvalue weighted by Gasteiger charge is -2.23. The number of ether oxygens (including phenoxy) is 1. The van der Waals surface area contributed by atoms with Crippen LogP contribution in [0.1, 0.15) is 43.5 Å². The quantitative estimate of drug-likeness (QED) is 0.182. The first kappa shape index (κ1) is 24.6. The molecule has 1 aliphatic heterocycles. The molecule has 0 spiro atoms. The summed E-state index contributed by atoms with van der Waals surface area (Å²) < 4.78 is 20.2. The van der Waals surface area contributed by atoms with E-state index in [0.717, 1.165) is 22.2 Å². The largest absolute Gasteiger partial charge is 0.507 e. The molecule has 0 bridgehead atoms. The van der Waals surface area contributed by atoms with E-state index in [1.807, 2.05) is 32.0 Å². The molecule has 0 radical (unpaired) electrons. The van der Waals surface area contributed by atoms with Crippen molar-refractivity contribution in [2.75, 3.05) is 4.90 Å². The van der Waals surface area contributed by atoms with Crippen LogP contribution in [0.3, 0.4) is 0 Å². The van der Waals surface area contributed by atoms with Gasteiger partial charge in [0.05, 0.1) is 27.9 Å². The zero-order chi connectivity index (χ0) is 26.3. The number of anilines is 1. The minimum atomic E-state index is -0.927. The number of thiazole rings is 1. The van der Waals surface area contributed by atoms with E-state index in [4.69, 9.17) is 4.74 Å². The molecule has 1 aromatic heterocycles. The molecule has 8 heteroatoms. The maximum Gasteiger partial charge on any atom is 0.301 e. The standard InChI is InChI=1S/C29H25FN2O4S/c1-4-17-5-14-22-23(15-17)37-29(31-22)32-25(18-8-12-21(13-9-18)36-16(2)3)24(27(34)28(32)35)26(33)19-6-10-20(30)11-7-19/h5-16,25,33H,4H2,1-3H3. The number of fused-ring (bicyclic) bond motifs is 1. The number of carbonyl (C=O) groups excluding carboxylic acids is 2. The normalized spacial score (nSPS) is 17.2. The first-order chi connectivity index (χ1) is 17.8. The third kappa shape index (κ3) is 4.60. The number of aryl methyl sites for hydroxylation is 1. The molecular formula is C29H25FN2O4S. The highest BCUT2D eigenvalue weighted by Gasteiger charge is 2.48. The minimum absolute atomic E-state index is 0.0225. The van der Waals surface area contributed by atoms with E-state index in [2.05, 4.69) is 11.9 Å². The van der Waals surface area contributed by atoms with Crippen LogP contribution in [0.15, 0.2) is 72.3 Å². The summed E-state index contributed by atoms with van der Waals surface area (Å²) in [7, 11) is 0. The minimum Gasteiger partial charge on any atom is -0.507 e. The van der Waals surface area contributed by atoms with Crippen LogP contribution < -0.4 is 9.64 Å². The van der Waals surface area contributed by atoms with Crippen LogP contribution in [0.2, 0.25) is 0 Å². The number of Topliss-reactive ketones (excluding diaryl/α,β-unsaturated/α-hetero) is 1.